The van der Waals surface area contributed by atoms with Gasteiger partial charge >= 0.3 is 11.9 Å². The molecule has 0 bridgehead atoms. The van der Waals surface area contributed by atoms with Gasteiger partial charge in [0.15, 0.2) is 11.4 Å². The first kappa shape index (κ1) is 23.2. The fourth-order valence-electron chi connectivity index (χ4n) is 2.93. The molecule has 1 aliphatic heterocycles. The molecule has 0 amide bonds. The molecule has 33 heavy (non-hydrogen) atoms. The lowest BCUT2D eigenvalue weighted by Crippen LogP contribution is -2.06. The van der Waals surface area contributed by atoms with Crippen molar-refractivity contribution in [3.63, 3.8) is 0 Å². The highest BCUT2D eigenvalue weighted by molar-refractivity contribution is 9.11. The highest BCUT2D eigenvalue weighted by Gasteiger charge is 2.25. The summed E-state index contributed by atoms with van der Waals surface area (Å²) in [5.74, 6) is -0.768. The normalized spacial score (nSPS) is 14.5. The van der Waals surface area contributed by atoms with Crippen molar-refractivity contribution in [3.05, 3.63) is 109 Å². The molecule has 0 fully saturated rings. The van der Waals surface area contributed by atoms with Gasteiger partial charge in [-0.3, -0.25) is 0 Å². The Morgan fingerprint density at radius 1 is 1.03 bits per heavy atom. The highest BCUT2D eigenvalue weighted by atomic mass is 79.9. The number of hydrogen-bond donors (Lipinski definition) is 0. The van der Waals surface area contributed by atoms with Crippen LogP contribution in [0.25, 0.3) is 12.2 Å². The number of aliphatic imine (C=N–C) groups is 1. The first-order valence-electron chi connectivity index (χ1n) is 9.61. The highest BCUT2D eigenvalue weighted by Crippen LogP contribution is 2.35. The smallest absolute Gasteiger partial charge is 0.363 e. The summed E-state index contributed by atoms with van der Waals surface area (Å²) in [5, 5.41) is 0.561. The van der Waals surface area contributed by atoms with Crippen LogP contribution in [-0.4, -0.2) is 17.8 Å². The van der Waals surface area contributed by atoms with Gasteiger partial charge in [0.2, 0.25) is 5.90 Å². The number of carbonyl (C=O) groups excluding carboxylic acids is 2. The quantitative estimate of drug-likeness (QED) is 0.187. The summed E-state index contributed by atoms with van der Waals surface area (Å²) in [4.78, 5) is 29.2. The maximum atomic E-state index is 12.4. The predicted molar refractivity (Wildman–Crippen MR) is 135 cm³/mol. The molecular formula is C25H14Br2ClNO4. The van der Waals surface area contributed by atoms with Crippen LogP contribution >= 0.6 is 43.5 Å². The number of hydrogen-bond acceptors (Lipinski definition) is 5. The van der Waals surface area contributed by atoms with E-state index >= 15 is 0 Å². The van der Waals surface area contributed by atoms with Gasteiger partial charge in [0.25, 0.3) is 0 Å². The molecule has 8 heteroatoms. The average Bonchev–Trinajstić information content (AvgIpc) is 3.16. The Balaban J connectivity index is 1.63. The zero-order valence-corrected chi connectivity index (χ0v) is 20.7. The van der Waals surface area contributed by atoms with E-state index in [0.717, 1.165) is 5.56 Å². The van der Waals surface area contributed by atoms with E-state index in [0.29, 0.717) is 25.1 Å². The molecule has 0 spiro atoms. The number of nitrogens with zero attached hydrogens (tertiary/aromatic N) is 1. The minimum absolute atomic E-state index is 0.0714. The fraction of sp³-hybridized carbons (Fsp3) is 0. The molecule has 1 aliphatic rings. The van der Waals surface area contributed by atoms with Crippen molar-refractivity contribution in [1.29, 1.82) is 0 Å². The van der Waals surface area contributed by atoms with Crippen LogP contribution in [0.5, 0.6) is 5.75 Å². The molecule has 164 valence electrons. The Labute approximate surface area is 211 Å². The van der Waals surface area contributed by atoms with E-state index in [-0.39, 0.29) is 17.3 Å². The van der Waals surface area contributed by atoms with Crippen LogP contribution < -0.4 is 4.74 Å². The van der Waals surface area contributed by atoms with E-state index in [1.807, 2.05) is 30.3 Å². The Bertz CT molecular complexity index is 1320. The molecule has 5 nitrogen and oxygen atoms in total. The van der Waals surface area contributed by atoms with Crippen LogP contribution in [0.2, 0.25) is 5.02 Å². The third-order valence-corrected chi connectivity index (χ3v) is 5.75. The van der Waals surface area contributed by atoms with Crippen LogP contribution in [0.15, 0.2) is 92.4 Å². The van der Waals surface area contributed by atoms with Crippen molar-refractivity contribution in [2.45, 2.75) is 0 Å². The Kier molecular flexibility index (Phi) is 7.23. The molecule has 0 aliphatic carbocycles. The van der Waals surface area contributed by atoms with Gasteiger partial charge < -0.3 is 9.47 Å². The van der Waals surface area contributed by atoms with Gasteiger partial charge in [-0.15, -0.1) is 0 Å². The van der Waals surface area contributed by atoms with E-state index < -0.39 is 11.9 Å². The number of halogens is 3. The summed E-state index contributed by atoms with van der Waals surface area (Å²) in [6, 6.07) is 19.6. The van der Waals surface area contributed by atoms with Crippen molar-refractivity contribution >= 4 is 73.4 Å². The van der Waals surface area contributed by atoms with E-state index in [2.05, 4.69) is 36.9 Å². The minimum atomic E-state index is -0.614. The lowest BCUT2D eigenvalue weighted by atomic mass is 10.1. The third kappa shape index (κ3) is 5.87. The molecule has 1 heterocycles. The largest absolute Gasteiger partial charge is 0.422 e. The number of carbonyl (C=O) groups is 2. The SMILES string of the molecule is O=C(/C=C/c1ccccc1)Oc1c(Br)cc(Br)cc1/C=C1\N=C(c2ccc(Cl)cc2)OC1=O. The molecule has 0 radical (unpaired) electrons. The topological polar surface area (TPSA) is 65.0 Å². The lowest BCUT2D eigenvalue weighted by Gasteiger charge is -2.09. The second-order valence-electron chi connectivity index (χ2n) is 6.81. The standard InChI is InChI=1S/C25H14Br2ClNO4/c26-18-12-17(13-21-25(31)33-24(29-21)16-7-9-19(28)10-8-16)23(20(27)14-18)32-22(30)11-6-15-4-2-1-3-5-15/h1-14H/b11-6+,21-13-. The van der Waals surface area contributed by atoms with Crippen LogP contribution in [0.1, 0.15) is 16.7 Å². The summed E-state index contributed by atoms with van der Waals surface area (Å²) in [6.45, 7) is 0. The minimum Gasteiger partial charge on any atom is -0.422 e. The number of benzene rings is 3. The molecule has 3 aromatic rings. The summed E-state index contributed by atoms with van der Waals surface area (Å²) >= 11 is 12.7. The first-order chi connectivity index (χ1) is 15.9. The molecule has 0 aromatic heterocycles. The van der Waals surface area contributed by atoms with Gasteiger partial charge in [0.05, 0.1) is 4.47 Å². The Morgan fingerprint density at radius 3 is 2.48 bits per heavy atom. The molecule has 0 unspecified atom stereocenters. The zero-order chi connectivity index (χ0) is 23.4. The fourth-order valence-corrected chi connectivity index (χ4v) is 4.40. The number of esters is 2. The lowest BCUT2D eigenvalue weighted by molar-refractivity contribution is -0.130. The van der Waals surface area contributed by atoms with Gasteiger partial charge in [0, 0.05) is 26.7 Å². The molecule has 0 atom stereocenters. The number of ether oxygens (including phenoxy) is 2. The second kappa shape index (κ2) is 10.3. The van der Waals surface area contributed by atoms with Crippen molar-refractivity contribution in [2.75, 3.05) is 0 Å². The van der Waals surface area contributed by atoms with Gasteiger partial charge in [-0.05, 0) is 70.0 Å². The number of rotatable bonds is 5. The Hall–Kier alpha value is -3.00. The van der Waals surface area contributed by atoms with Crippen molar-refractivity contribution in [2.24, 2.45) is 4.99 Å². The van der Waals surface area contributed by atoms with E-state index in [9.17, 15) is 9.59 Å². The van der Waals surface area contributed by atoms with E-state index in [4.69, 9.17) is 21.1 Å². The third-order valence-electron chi connectivity index (χ3n) is 4.46. The summed E-state index contributed by atoms with van der Waals surface area (Å²) in [6.07, 6.45) is 4.50. The predicted octanol–water partition coefficient (Wildman–Crippen LogP) is 6.83. The van der Waals surface area contributed by atoms with Crippen LogP contribution in [0, 0.1) is 0 Å². The van der Waals surface area contributed by atoms with Gasteiger partial charge in [-0.1, -0.05) is 57.9 Å². The van der Waals surface area contributed by atoms with Crippen molar-refractivity contribution in [1.82, 2.24) is 0 Å². The van der Waals surface area contributed by atoms with Gasteiger partial charge in [-0.2, -0.15) is 0 Å². The summed E-state index contributed by atoms with van der Waals surface area (Å²) in [7, 11) is 0. The maximum absolute atomic E-state index is 12.4. The monoisotopic (exact) mass is 585 g/mol. The molecule has 4 rings (SSSR count). The Morgan fingerprint density at radius 2 is 1.76 bits per heavy atom. The molecule has 0 saturated heterocycles. The molecule has 0 N–H and O–H groups in total. The molecular weight excluding hydrogens is 574 g/mol. The summed E-state index contributed by atoms with van der Waals surface area (Å²) < 4.78 is 12.1. The van der Waals surface area contributed by atoms with Crippen LogP contribution in [0.3, 0.4) is 0 Å². The van der Waals surface area contributed by atoms with Crippen LogP contribution in [0.4, 0.5) is 0 Å². The summed E-state index contributed by atoms with van der Waals surface area (Å²) in [5.41, 5.74) is 2.02. The maximum Gasteiger partial charge on any atom is 0.363 e. The van der Waals surface area contributed by atoms with Gasteiger partial charge in [-0.25, -0.2) is 14.6 Å². The second-order valence-corrected chi connectivity index (χ2v) is 9.02. The van der Waals surface area contributed by atoms with Crippen LogP contribution in [-0.2, 0) is 14.3 Å². The van der Waals surface area contributed by atoms with Gasteiger partial charge in [0.1, 0.15) is 0 Å². The zero-order valence-electron chi connectivity index (χ0n) is 16.8. The van der Waals surface area contributed by atoms with Crippen molar-refractivity contribution < 1.29 is 19.1 Å². The van der Waals surface area contributed by atoms with E-state index in [1.54, 1.807) is 42.5 Å². The van der Waals surface area contributed by atoms with Crippen molar-refractivity contribution in [3.8, 4) is 5.75 Å². The first-order valence-corrected chi connectivity index (χ1v) is 11.6. The molecule has 0 saturated carbocycles. The average molecular weight is 588 g/mol. The van der Waals surface area contributed by atoms with E-state index in [1.165, 1.54) is 12.2 Å². The number of cyclic esters (lactones) is 1. The molecule has 3 aromatic carbocycles.